The number of nitrogens with one attached hydrogen (secondary N) is 2. The number of hydrogen-bond donors (Lipinski definition) is 2. The van der Waals surface area contributed by atoms with E-state index in [2.05, 4.69) is 41.9 Å². The van der Waals surface area contributed by atoms with E-state index in [1.807, 2.05) is 13.0 Å². The van der Waals surface area contributed by atoms with Gasteiger partial charge in [0.2, 0.25) is 0 Å². The van der Waals surface area contributed by atoms with Crippen molar-refractivity contribution in [3.05, 3.63) is 45.2 Å². The Bertz CT molecular complexity index is 729. The first kappa shape index (κ1) is 16.5. The highest BCUT2D eigenvalue weighted by atomic mass is 79.9. The van der Waals surface area contributed by atoms with Crippen LogP contribution in [0, 0.1) is 0 Å². The monoisotopic (exact) mass is 436 g/mol. The van der Waals surface area contributed by atoms with Crippen molar-refractivity contribution in [1.29, 1.82) is 0 Å². The van der Waals surface area contributed by atoms with Crippen molar-refractivity contribution in [1.82, 2.24) is 5.32 Å². The van der Waals surface area contributed by atoms with Crippen LogP contribution in [0.1, 0.15) is 12.7 Å². The molecule has 0 amide bonds. The molecule has 1 aromatic heterocycles. The van der Waals surface area contributed by atoms with E-state index in [0.29, 0.717) is 18.0 Å². The van der Waals surface area contributed by atoms with Crippen molar-refractivity contribution in [2.24, 2.45) is 0 Å². The Kier molecular flexibility index (Phi) is 5.48. The van der Waals surface area contributed by atoms with E-state index >= 15 is 0 Å². The summed E-state index contributed by atoms with van der Waals surface area (Å²) in [6.07, 6.45) is 0. The summed E-state index contributed by atoms with van der Waals surface area (Å²) in [6.45, 7) is 3.21. The minimum absolute atomic E-state index is 0.0791. The fourth-order valence-corrected chi connectivity index (χ4v) is 4.13. The van der Waals surface area contributed by atoms with Gasteiger partial charge in [-0.3, -0.25) is 4.72 Å². The summed E-state index contributed by atoms with van der Waals surface area (Å²) in [7, 11) is -3.70. The van der Waals surface area contributed by atoms with Gasteiger partial charge in [0.25, 0.3) is 10.0 Å². The maximum absolute atomic E-state index is 12.4. The maximum atomic E-state index is 12.4. The van der Waals surface area contributed by atoms with Crippen LogP contribution in [0.5, 0.6) is 0 Å². The normalized spacial score (nSPS) is 11.6. The third kappa shape index (κ3) is 4.32. The number of anilines is 1. The second-order valence-corrected chi connectivity index (χ2v) is 7.53. The highest BCUT2D eigenvalue weighted by Gasteiger charge is 2.22. The average Bonchev–Trinajstić information content (AvgIpc) is 2.78. The summed E-state index contributed by atoms with van der Waals surface area (Å²) in [4.78, 5) is 0.0791. The molecular formula is C13H14Br2N2O3S. The molecular weight excluding hydrogens is 424 g/mol. The number of halogens is 2. The Labute approximate surface area is 140 Å². The Morgan fingerprint density at radius 2 is 2.00 bits per heavy atom. The van der Waals surface area contributed by atoms with Gasteiger partial charge >= 0.3 is 0 Å². The van der Waals surface area contributed by atoms with E-state index < -0.39 is 10.0 Å². The molecule has 8 heteroatoms. The minimum Gasteiger partial charge on any atom is -0.451 e. The van der Waals surface area contributed by atoms with Crippen LogP contribution in [0.4, 0.5) is 5.69 Å². The quantitative estimate of drug-likeness (QED) is 0.722. The van der Waals surface area contributed by atoms with Crippen LogP contribution in [0.15, 0.2) is 48.8 Å². The van der Waals surface area contributed by atoms with E-state index in [1.165, 1.54) is 6.07 Å². The predicted molar refractivity (Wildman–Crippen MR) is 88.7 cm³/mol. The molecule has 114 valence electrons. The van der Waals surface area contributed by atoms with Gasteiger partial charge in [-0.25, -0.2) is 8.42 Å². The molecule has 2 N–H and O–H groups in total. The molecule has 0 saturated heterocycles. The second-order valence-electron chi connectivity index (χ2n) is 4.25. The number of rotatable bonds is 6. The van der Waals surface area contributed by atoms with Crippen molar-refractivity contribution in [2.75, 3.05) is 11.3 Å². The average molecular weight is 438 g/mol. The molecule has 2 aromatic rings. The van der Waals surface area contributed by atoms with Gasteiger partial charge in [-0.05, 0) is 40.7 Å². The van der Waals surface area contributed by atoms with Crippen LogP contribution in [0.25, 0.3) is 0 Å². The molecule has 21 heavy (non-hydrogen) atoms. The Hall–Kier alpha value is -0.830. The first-order valence-electron chi connectivity index (χ1n) is 6.19. The summed E-state index contributed by atoms with van der Waals surface area (Å²) in [5.74, 6) is 0.554. The lowest BCUT2D eigenvalue weighted by molar-refractivity contribution is 0.464. The zero-order valence-electron chi connectivity index (χ0n) is 11.2. The van der Waals surface area contributed by atoms with E-state index in [4.69, 9.17) is 4.42 Å². The highest BCUT2D eigenvalue weighted by Crippen LogP contribution is 2.28. The summed E-state index contributed by atoms with van der Waals surface area (Å²) in [5.41, 5.74) is 0.478. The number of hydrogen-bond acceptors (Lipinski definition) is 4. The lowest BCUT2D eigenvalue weighted by Crippen LogP contribution is -2.13. The molecule has 0 spiro atoms. The molecule has 5 nitrogen and oxygen atoms in total. The highest BCUT2D eigenvalue weighted by molar-refractivity contribution is 9.10. The molecule has 0 aliphatic heterocycles. The molecule has 2 rings (SSSR count). The van der Waals surface area contributed by atoms with Crippen LogP contribution in [-0.2, 0) is 16.6 Å². The maximum Gasteiger partial charge on any atom is 0.266 e. The molecule has 0 aliphatic carbocycles. The van der Waals surface area contributed by atoms with Gasteiger partial charge in [0.05, 0.1) is 6.54 Å². The number of benzene rings is 1. The standard InChI is InChI=1S/C13H14Br2N2O3S/c1-2-16-8-11-7-12(13(15)20-11)21(18,19)17-10-5-3-4-9(14)6-10/h3-7,16-17H,2,8H2,1H3. The smallest absolute Gasteiger partial charge is 0.266 e. The Balaban J connectivity index is 2.25. The molecule has 0 aliphatic rings. The van der Waals surface area contributed by atoms with E-state index in [0.717, 1.165) is 11.0 Å². The summed E-state index contributed by atoms with van der Waals surface area (Å²) in [5, 5.41) is 3.08. The van der Waals surface area contributed by atoms with Crippen LogP contribution in [-0.4, -0.2) is 15.0 Å². The lowest BCUT2D eigenvalue weighted by atomic mass is 10.3. The van der Waals surface area contributed by atoms with Crippen LogP contribution in [0.2, 0.25) is 0 Å². The molecule has 0 atom stereocenters. The molecule has 0 fully saturated rings. The summed E-state index contributed by atoms with van der Waals surface area (Å²) >= 11 is 6.45. The van der Waals surface area contributed by atoms with E-state index in [-0.39, 0.29) is 9.56 Å². The summed E-state index contributed by atoms with van der Waals surface area (Å²) < 4.78 is 33.7. The van der Waals surface area contributed by atoms with Gasteiger partial charge in [0.1, 0.15) is 10.7 Å². The Morgan fingerprint density at radius 1 is 1.24 bits per heavy atom. The summed E-state index contributed by atoms with van der Waals surface area (Å²) in [6, 6.07) is 8.44. The van der Waals surface area contributed by atoms with Crippen molar-refractivity contribution in [2.45, 2.75) is 18.4 Å². The second kappa shape index (κ2) is 6.95. The lowest BCUT2D eigenvalue weighted by Gasteiger charge is -2.06. The molecule has 1 heterocycles. The first-order valence-corrected chi connectivity index (χ1v) is 9.26. The van der Waals surface area contributed by atoms with Gasteiger partial charge in [0, 0.05) is 16.2 Å². The first-order chi connectivity index (χ1) is 9.92. The Morgan fingerprint density at radius 3 is 2.67 bits per heavy atom. The van der Waals surface area contributed by atoms with Gasteiger partial charge in [-0.1, -0.05) is 28.9 Å². The van der Waals surface area contributed by atoms with Crippen molar-refractivity contribution in [3.63, 3.8) is 0 Å². The van der Waals surface area contributed by atoms with Gasteiger partial charge in [-0.2, -0.15) is 0 Å². The van der Waals surface area contributed by atoms with Gasteiger partial charge < -0.3 is 9.73 Å². The van der Waals surface area contributed by atoms with Gasteiger partial charge in [-0.15, -0.1) is 0 Å². The van der Waals surface area contributed by atoms with Crippen LogP contribution >= 0.6 is 31.9 Å². The SMILES string of the molecule is CCNCc1cc(S(=O)(=O)Nc2cccc(Br)c2)c(Br)o1. The molecule has 1 aromatic carbocycles. The largest absolute Gasteiger partial charge is 0.451 e. The number of furan rings is 1. The van der Waals surface area contributed by atoms with E-state index in [1.54, 1.807) is 18.2 Å². The van der Waals surface area contributed by atoms with Crippen molar-refractivity contribution < 1.29 is 12.8 Å². The van der Waals surface area contributed by atoms with E-state index in [9.17, 15) is 8.42 Å². The number of sulfonamides is 1. The topological polar surface area (TPSA) is 71.3 Å². The molecule has 0 unspecified atom stereocenters. The van der Waals surface area contributed by atoms with Crippen LogP contribution < -0.4 is 10.0 Å². The third-order valence-electron chi connectivity index (χ3n) is 2.62. The fourth-order valence-electron chi connectivity index (χ4n) is 1.68. The molecule has 0 radical (unpaired) electrons. The zero-order valence-corrected chi connectivity index (χ0v) is 15.2. The van der Waals surface area contributed by atoms with Crippen molar-refractivity contribution >= 4 is 47.6 Å². The minimum atomic E-state index is -3.70. The third-order valence-corrected chi connectivity index (χ3v) is 5.35. The van der Waals surface area contributed by atoms with Crippen molar-refractivity contribution in [3.8, 4) is 0 Å². The van der Waals surface area contributed by atoms with Gasteiger partial charge in [0.15, 0.2) is 4.67 Å². The zero-order chi connectivity index (χ0) is 15.5. The molecule has 0 saturated carbocycles. The molecule has 0 bridgehead atoms. The van der Waals surface area contributed by atoms with Crippen LogP contribution in [0.3, 0.4) is 0 Å². The fraction of sp³-hybridized carbons (Fsp3) is 0.231. The predicted octanol–water partition coefficient (Wildman–Crippen LogP) is 3.71.